The molecule has 2 rings (SSSR count). The maximum Gasteiger partial charge on any atom is 0.335 e. The lowest BCUT2D eigenvalue weighted by Crippen LogP contribution is -2.08. The van der Waals surface area contributed by atoms with E-state index in [0.717, 1.165) is 11.4 Å². The number of carboxylic acid groups (broad SMARTS) is 1. The van der Waals surface area contributed by atoms with Gasteiger partial charge in [-0.1, -0.05) is 11.6 Å². The van der Waals surface area contributed by atoms with E-state index in [1.807, 2.05) is 13.8 Å². The number of halogens is 1. The SMILES string of the molecule is Cc1nn(COc2ccc(C(=O)O)cc2)c(C)c1Cl. The first-order valence-corrected chi connectivity index (χ1v) is 6.02. The van der Waals surface area contributed by atoms with Crippen LogP contribution in [0.25, 0.3) is 0 Å². The van der Waals surface area contributed by atoms with Gasteiger partial charge in [0.2, 0.25) is 0 Å². The lowest BCUT2D eigenvalue weighted by atomic mass is 10.2. The van der Waals surface area contributed by atoms with Gasteiger partial charge in [-0.15, -0.1) is 0 Å². The summed E-state index contributed by atoms with van der Waals surface area (Å²) in [6, 6.07) is 6.20. The maximum absolute atomic E-state index is 10.7. The van der Waals surface area contributed by atoms with Crippen LogP contribution in [-0.4, -0.2) is 20.9 Å². The van der Waals surface area contributed by atoms with E-state index in [-0.39, 0.29) is 12.3 Å². The second kappa shape index (κ2) is 5.32. The summed E-state index contributed by atoms with van der Waals surface area (Å²) in [6.45, 7) is 3.92. The number of benzene rings is 1. The van der Waals surface area contributed by atoms with E-state index in [1.54, 1.807) is 16.8 Å². The van der Waals surface area contributed by atoms with Crippen molar-refractivity contribution in [2.45, 2.75) is 20.6 Å². The molecule has 6 heteroatoms. The van der Waals surface area contributed by atoms with Gasteiger partial charge in [-0.05, 0) is 38.1 Å². The number of nitrogens with zero attached hydrogens (tertiary/aromatic N) is 2. The zero-order valence-electron chi connectivity index (χ0n) is 10.6. The van der Waals surface area contributed by atoms with Gasteiger partial charge in [-0.3, -0.25) is 0 Å². The highest BCUT2D eigenvalue weighted by Gasteiger charge is 2.09. The number of aromatic carboxylic acids is 1. The summed E-state index contributed by atoms with van der Waals surface area (Å²) < 4.78 is 7.18. The molecule has 0 atom stereocenters. The molecular formula is C13H13ClN2O3. The van der Waals surface area contributed by atoms with E-state index in [0.29, 0.717) is 10.8 Å². The molecule has 19 heavy (non-hydrogen) atoms. The van der Waals surface area contributed by atoms with Crippen molar-refractivity contribution in [3.05, 3.63) is 46.2 Å². The molecule has 1 N–H and O–H groups in total. The van der Waals surface area contributed by atoms with Crippen LogP contribution in [0.5, 0.6) is 5.75 Å². The molecule has 0 radical (unpaired) electrons. The van der Waals surface area contributed by atoms with Crippen LogP contribution in [0.1, 0.15) is 21.7 Å². The molecule has 0 amide bonds. The predicted octanol–water partition coefficient (Wildman–Crippen LogP) is 2.89. The molecule has 100 valence electrons. The summed E-state index contributed by atoms with van der Waals surface area (Å²) in [5.74, 6) is -0.384. The largest absolute Gasteiger partial charge is 0.478 e. The molecule has 5 nitrogen and oxygen atoms in total. The first-order chi connectivity index (χ1) is 8.99. The van der Waals surface area contributed by atoms with Gasteiger partial charge in [0, 0.05) is 0 Å². The van der Waals surface area contributed by atoms with Crippen LogP contribution in [0.4, 0.5) is 0 Å². The molecule has 1 heterocycles. The number of carbonyl (C=O) groups is 1. The zero-order valence-corrected chi connectivity index (χ0v) is 11.3. The van der Waals surface area contributed by atoms with Crippen LogP contribution in [0.3, 0.4) is 0 Å². The Morgan fingerprint density at radius 2 is 2.00 bits per heavy atom. The predicted molar refractivity (Wildman–Crippen MR) is 70.7 cm³/mol. The van der Waals surface area contributed by atoms with E-state index in [2.05, 4.69) is 5.10 Å². The molecule has 0 aliphatic heterocycles. The molecule has 0 saturated carbocycles. The zero-order chi connectivity index (χ0) is 14.0. The van der Waals surface area contributed by atoms with E-state index in [1.165, 1.54) is 12.1 Å². The van der Waals surface area contributed by atoms with E-state index in [9.17, 15) is 4.79 Å². The fraction of sp³-hybridized carbons (Fsp3) is 0.231. The third-order valence-corrected chi connectivity index (χ3v) is 3.29. The third kappa shape index (κ3) is 2.88. The lowest BCUT2D eigenvalue weighted by Gasteiger charge is -2.08. The van der Waals surface area contributed by atoms with Crippen molar-refractivity contribution in [1.29, 1.82) is 0 Å². The van der Waals surface area contributed by atoms with Gasteiger partial charge < -0.3 is 9.84 Å². The van der Waals surface area contributed by atoms with Crippen molar-refractivity contribution in [2.24, 2.45) is 0 Å². The van der Waals surface area contributed by atoms with Gasteiger partial charge in [-0.25, -0.2) is 9.48 Å². The number of ether oxygens (including phenoxy) is 1. The molecule has 0 fully saturated rings. The molecule has 1 aromatic carbocycles. The van der Waals surface area contributed by atoms with Gasteiger partial charge in [0.1, 0.15) is 5.75 Å². The fourth-order valence-electron chi connectivity index (χ4n) is 1.63. The Kier molecular flexibility index (Phi) is 3.76. The fourth-order valence-corrected chi connectivity index (χ4v) is 1.77. The summed E-state index contributed by atoms with van der Waals surface area (Å²) in [5, 5.41) is 13.6. The van der Waals surface area contributed by atoms with Crippen LogP contribution < -0.4 is 4.74 Å². The van der Waals surface area contributed by atoms with E-state index >= 15 is 0 Å². The van der Waals surface area contributed by atoms with E-state index < -0.39 is 5.97 Å². The van der Waals surface area contributed by atoms with Gasteiger partial charge >= 0.3 is 5.97 Å². The number of aryl methyl sites for hydroxylation is 1. The minimum atomic E-state index is -0.961. The minimum absolute atomic E-state index is 0.224. The number of hydrogen-bond acceptors (Lipinski definition) is 3. The Hall–Kier alpha value is -2.01. The molecule has 0 bridgehead atoms. The van der Waals surface area contributed by atoms with Gasteiger partial charge in [0.25, 0.3) is 0 Å². The van der Waals surface area contributed by atoms with Gasteiger partial charge in [0.15, 0.2) is 6.73 Å². The molecular weight excluding hydrogens is 268 g/mol. The van der Waals surface area contributed by atoms with Crippen LogP contribution in [-0.2, 0) is 6.73 Å². The quantitative estimate of drug-likeness (QED) is 0.935. The topological polar surface area (TPSA) is 64.4 Å². The van der Waals surface area contributed by atoms with Crippen molar-refractivity contribution in [1.82, 2.24) is 9.78 Å². The van der Waals surface area contributed by atoms with Gasteiger partial charge in [0.05, 0.1) is 22.0 Å². The summed E-state index contributed by atoms with van der Waals surface area (Å²) in [4.78, 5) is 10.7. The number of carboxylic acids is 1. The monoisotopic (exact) mass is 280 g/mol. The van der Waals surface area contributed by atoms with Crippen LogP contribution in [0.15, 0.2) is 24.3 Å². The van der Waals surface area contributed by atoms with Crippen LogP contribution in [0, 0.1) is 13.8 Å². The first kappa shape index (κ1) is 13.4. The van der Waals surface area contributed by atoms with Crippen LogP contribution in [0.2, 0.25) is 5.02 Å². The highest BCUT2D eigenvalue weighted by Crippen LogP contribution is 2.19. The van der Waals surface area contributed by atoms with Gasteiger partial charge in [-0.2, -0.15) is 5.10 Å². The highest BCUT2D eigenvalue weighted by atomic mass is 35.5. The van der Waals surface area contributed by atoms with Crippen molar-refractivity contribution in [3.8, 4) is 5.75 Å². The number of hydrogen-bond donors (Lipinski definition) is 1. The first-order valence-electron chi connectivity index (χ1n) is 5.64. The Labute approximate surface area is 115 Å². The number of rotatable bonds is 4. The average molecular weight is 281 g/mol. The summed E-state index contributed by atoms with van der Waals surface area (Å²) in [5.41, 5.74) is 1.81. The van der Waals surface area contributed by atoms with Crippen molar-refractivity contribution in [3.63, 3.8) is 0 Å². The molecule has 1 aromatic heterocycles. The van der Waals surface area contributed by atoms with Crippen molar-refractivity contribution in [2.75, 3.05) is 0 Å². The molecule has 2 aromatic rings. The third-order valence-electron chi connectivity index (χ3n) is 2.75. The molecule has 0 aliphatic rings. The normalized spacial score (nSPS) is 10.5. The standard InChI is InChI=1S/C13H13ClN2O3/c1-8-12(14)9(2)16(15-8)7-19-11-5-3-10(4-6-11)13(17)18/h3-6H,7H2,1-2H3,(H,17,18). The highest BCUT2D eigenvalue weighted by molar-refractivity contribution is 6.31. The Morgan fingerprint density at radius 1 is 1.37 bits per heavy atom. The second-order valence-electron chi connectivity index (χ2n) is 4.09. The minimum Gasteiger partial charge on any atom is -0.478 e. The van der Waals surface area contributed by atoms with Crippen molar-refractivity contribution >= 4 is 17.6 Å². The maximum atomic E-state index is 10.7. The summed E-state index contributed by atoms with van der Waals surface area (Å²) in [6.07, 6.45) is 0. The second-order valence-corrected chi connectivity index (χ2v) is 4.47. The molecule has 0 spiro atoms. The molecule has 0 aliphatic carbocycles. The Bertz CT molecular complexity index is 605. The molecule has 0 unspecified atom stereocenters. The molecule has 0 saturated heterocycles. The Morgan fingerprint density at radius 3 is 2.47 bits per heavy atom. The summed E-state index contributed by atoms with van der Waals surface area (Å²) >= 11 is 6.03. The number of aromatic nitrogens is 2. The summed E-state index contributed by atoms with van der Waals surface area (Å²) in [7, 11) is 0. The smallest absolute Gasteiger partial charge is 0.335 e. The van der Waals surface area contributed by atoms with E-state index in [4.69, 9.17) is 21.4 Å². The van der Waals surface area contributed by atoms with Crippen molar-refractivity contribution < 1.29 is 14.6 Å². The van der Waals surface area contributed by atoms with Crippen LogP contribution >= 0.6 is 11.6 Å². The Balaban J connectivity index is 2.06. The lowest BCUT2D eigenvalue weighted by molar-refractivity contribution is 0.0697. The average Bonchev–Trinajstić information content (AvgIpc) is 2.64.